The number of anilines is 1. The normalized spacial score (nSPS) is 10.8. The third-order valence-corrected chi connectivity index (χ3v) is 2.85. The minimum Gasteiger partial charge on any atom is -0.395 e. The lowest BCUT2D eigenvalue weighted by Gasteiger charge is -2.13. The number of likely N-dealkylation sites (N-methyl/N-ethyl adjacent to an activating group) is 1. The second-order valence-electron chi connectivity index (χ2n) is 4.27. The number of hydrogen-bond donors (Lipinski definition) is 2. The van der Waals surface area contributed by atoms with E-state index in [0.717, 1.165) is 5.56 Å². The number of hydrogen-bond acceptors (Lipinski definition) is 4. The molecule has 1 rings (SSSR count). The van der Waals surface area contributed by atoms with E-state index in [1.165, 1.54) is 6.20 Å². The van der Waals surface area contributed by atoms with Crippen molar-refractivity contribution in [2.24, 2.45) is 0 Å². The first-order chi connectivity index (χ1) is 9.47. The predicted molar refractivity (Wildman–Crippen MR) is 78.2 cm³/mol. The average Bonchev–Trinajstić information content (AvgIpc) is 2.40. The van der Waals surface area contributed by atoms with Gasteiger partial charge in [-0.15, -0.1) is 0 Å². The number of nitriles is 1. The van der Waals surface area contributed by atoms with Crippen LogP contribution in [-0.4, -0.2) is 36.1 Å². The van der Waals surface area contributed by atoms with Gasteiger partial charge in [0, 0.05) is 30.5 Å². The Morgan fingerprint density at radius 3 is 2.90 bits per heavy atom. The molecule has 0 atom stereocenters. The molecule has 0 fully saturated rings. The van der Waals surface area contributed by atoms with Gasteiger partial charge in [0.1, 0.15) is 11.6 Å². The Labute approximate surface area is 123 Å². The highest BCUT2D eigenvalue weighted by atomic mass is 35.5. The maximum Gasteiger partial charge on any atom is 0.267 e. The number of nitrogens with zero attached hydrogens (tertiary/aromatic N) is 2. The van der Waals surface area contributed by atoms with Crippen molar-refractivity contribution in [2.45, 2.75) is 6.92 Å². The molecule has 0 saturated carbocycles. The number of aryl methyl sites for hydroxylation is 1. The molecule has 20 heavy (non-hydrogen) atoms. The lowest BCUT2D eigenvalue weighted by Crippen LogP contribution is -2.20. The van der Waals surface area contributed by atoms with Crippen LogP contribution in [0.1, 0.15) is 5.56 Å². The quantitative estimate of drug-likeness (QED) is 0.642. The van der Waals surface area contributed by atoms with Gasteiger partial charge in [-0.2, -0.15) is 5.26 Å². The molecule has 0 aliphatic carbocycles. The van der Waals surface area contributed by atoms with Crippen molar-refractivity contribution in [1.29, 1.82) is 5.26 Å². The number of carbonyl (C=O) groups excluding carboxylic acids is 1. The average molecular weight is 294 g/mol. The number of amides is 1. The van der Waals surface area contributed by atoms with Crippen LogP contribution in [0.25, 0.3) is 0 Å². The standard InChI is InChI=1S/C14H16ClN3O2/c1-10-3-4-12(15)7-13(10)17-14(20)11(8-16)9-18(2)5-6-19/h3-4,7,9,19H,5-6H2,1-2H3,(H,17,20)/b11-9-. The molecule has 0 radical (unpaired) electrons. The van der Waals surface area contributed by atoms with E-state index in [1.54, 1.807) is 30.1 Å². The molecule has 0 spiro atoms. The summed E-state index contributed by atoms with van der Waals surface area (Å²) in [5.74, 6) is -0.511. The summed E-state index contributed by atoms with van der Waals surface area (Å²) in [5, 5.41) is 21.0. The molecule has 1 aromatic carbocycles. The molecule has 0 heterocycles. The zero-order valence-corrected chi connectivity index (χ0v) is 12.1. The highest BCUT2D eigenvalue weighted by Gasteiger charge is 2.11. The summed E-state index contributed by atoms with van der Waals surface area (Å²) < 4.78 is 0. The third-order valence-electron chi connectivity index (χ3n) is 2.62. The van der Waals surface area contributed by atoms with Crippen molar-refractivity contribution in [3.63, 3.8) is 0 Å². The summed E-state index contributed by atoms with van der Waals surface area (Å²) >= 11 is 5.87. The molecular formula is C14H16ClN3O2. The fourth-order valence-corrected chi connectivity index (χ4v) is 1.67. The van der Waals surface area contributed by atoms with Gasteiger partial charge in [-0.25, -0.2) is 0 Å². The van der Waals surface area contributed by atoms with Gasteiger partial charge in [-0.1, -0.05) is 17.7 Å². The van der Waals surface area contributed by atoms with Gasteiger partial charge in [0.25, 0.3) is 5.91 Å². The van der Waals surface area contributed by atoms with E-state index < -0.39 is 5.91 Å². The van der Waals surface area contributed by atoms with E-state index in [9.17, 15) is 4.79 Å². The Kier molecular flexibility index (Phi) is 6.04. The van der Waals surface area contributed by atoms with Crippen molar-refractivity contribution in [2.75, 3.05) is 25.5 Å². The van der Waals surface area contributed by atoms with Crippen LogP contribution in [0.5, 0.6) is 0 Å². The molecule has 0 bridgehead atoms. The molecule has 0 saturated heterocycles. The van der Waals surface area contributed by atoms with Gasteiger partial charge in [0.2, 0.25) is 0 Å². The Morgan fingerprint density at radius 1 is 1.60 bits per heavy atom. The molecule has 0 unspecified atom stereocenters. The minimum atomic E-state index is -0.511. The molecule has 106 valence electrons. The fraction of sp³-hybridized carbons (Fsp3) is 0.286. The van der Waals surface area contributed by atoms with Crippen LogP contribution in [0.2, 0.25) is 5.02 Å². The first kappa shape index (κ1) is 16.0. The monoisotopic (exact) mass is 293 g/mol. The molecule has 6 heteroatoms. The smallest absolute Gasteiger partial charge is 0.267 e. The van der Waals surface area contributed by atoms with E-state index in [2.05, 4.69) is 5.32 Å². The van der Waals surface area contributed by atoms with Crippen LogP contribution in [0.4, 0.5) is 5.69 Å². The highest BCUT2D eigenvalue weighted by molar-refractivity contribution is 6.31. The first-order valence-electron chi connectivity index (χ1n) is 5.98. The van der Waals surface area contributed by atoms with Crippen molar-refractivity contribution >= 4 is 23.2 Å². The second kappa shape index (κ2) is 7.53. The predicted octanol–water partition coefficient (Wildman–Crippen LogP) is 1.92. The van der Waals surface area contributed by atoms with Gasteiger partial charge in [-0.3, -0.25) is 4.79 Å². The van der Waals surface area contributed by atoms with Crippen molar-refractivity contribution < 1.29 is 9.90 Å². The number of rotatable bonds is 5. The van der Waals surface area contributed by atoms with Crippen molar-refractivity contribution in [1.82, 2.24) is 4.90 Å². The van der Waals surface area contributed by atoms with Crippen LogP contribution in [0, 0.1) is 18.3 Å². The van der Waals surface area contributed by atoms with Crippen LogP contribution < -0.4 is 5.32 Å². The molecule has 1 amide bonds. The maximum absolute atomic E-state index is 12.0. The molecule has 1 aromatic rings. The van der Waals surface area contributed by atoms with Crippen molar-refractivity contribution in [3.8, 4) is 6.07 Å². The van der Waals surface area contributed by atoms with E-state index in [4.69, 9.17) is 22.0 Å². The molecule has 0 aliphatic rings. The zero-order chi connectivity index (χ0) is 15.1. The summed E-state index contributed by atoms with van der Waals surface area (Å²) in [4.78, 5) is 13.6. The number of carbonyl (C=O) groups is 1. The van der Waals surface area contributed by atoms with Crippen LogP contribution >= 0.6 is 11.6 Å². The summed E-state index contributed by atoms with van der Waals surface area (Å²) in [5.41, 5.74) is 1.37. The van der Waals surface area contributed by atoms with Gasteiger partial charge in [0.15, 0.2) is 0 Å². The number of aliphatic hydroxyl groups excluding tert-OH is 1. The number of halogens is 1. The lowest BCUT2D eigenvalue weighted by atomic mass is 10.2. The molecule has 5 nitrogen and oxygen atoms in total. The number of benzene rings is 1. The summed E-state index contributed by atoms with van der Waals surface area (Å²) in [6, 6.07) is 6.97. The maximum atomic E-state index is 12.0. The van der Waals surface area contributed by atoms with Gasteiger partial charge in [0.05, 0.1) is 6.61 Å². The topological polar surface area (TPSA) is 76.4 Å². The van der Waals surface area contributed by atoms with Gasteiger partial charge >= 0.3 is 0 Å². The van der Waals surface area contributed by atoms with Crippen LogP contribution in [-0.2, 0) is 4.79 Å². The third kappa shape index (κ3) is 4.57. The summed E-state index contributed by atoms with van der Waals surface area (Å²) in [7, 11) is 1.67. The lowest BCUT2D eigenvalue weighted by molar-refractivity contribution is -0.112. The van der Waals surface area contributed by atoms with Crippen LogP contribution in [0.15, 0.2) is 30.0 Å². The Morgan fingerprint density at radius 2 is 2.30 bits per heavy atom. The van der Waals surface area contributed by atoms with E-state index in [0.29, 0.717) is 17.3 Å². The van der Waals surface area contributed by atoms with E-state index in [1.807, 2.05) is 13.0 Å². The Hall–Kier alpha value is -2.03. The largest absolute Gasteiger partial charge is 0.395 e. The first-order valence-corrected chi connectivity index (χ1v) is 6.36. The van der Waals surface area contributed by atoms with Crippen LogP contribution in [0.3, 0.4) is 0 Å². The van der Waals surface area contributed by atoms with E-state index in [-0.39, 0.29) is 12.2 Å². The SMILES string of the molecule is Cc1ccc(Cl)cc1NC(=O)/C(C#N)=C\N(C)CCO. The minimum absolute atomic E-state index is 0.0414. The number of aliphatic hydroxyl groups is 1. The second-order valence-corrected chi connectivity index (χ2v) is 4.71. The molecular weight excluding hydrogens is 278 g/mol. The Balaban J connectivity index is 2.88. The number of nitrogens with one attached hydrogen (secondary N) is 1. The fourth-order valence-electron chi connectivity index (χ4n) is 1.50. The van der Waals surface area contributed by atoms with Crippen molar-refractivity contribution in [3.05, 3.63) is 40.6 Å². The summed E-state index contributed by atoms with van der Waals surface area (Å²) in [6.07, 6.45) is 1.39. The molecule has 0 aromatic heterocycles. The van der Waals surface area contributed by atoms with E-state index >= 15 is 0 Å². The zero-order valence-electron chi connectivity index (χ0n) is 11.4. The van der Waals surface area contributed by atoms with Gasteiger partial charge < -0.3 is 15.3 Å². The molecule has 2 N–H and O–H groups in total. The van der Waals surface area contributed by atoms with Gasteiger partial charge in [-0.05, 0) is 24.6 Å². The molecule has 0 aliphatic heterocycles. The highest BCUT2D eigenvalue weighted by Crippen LogP contribution is 2.20. The summed E-state index contributed by atoms with van der Waals surface area (Å²) in [6.45, 7) is 2.12. The Bertz CT molecular complexity index is 564.